The molecule has 0 saturated heterocycles. The Kier molecular flexibility index (Phi) is 4.76. The zero-order valence-corrected chi connectivity index (χ0v) is 15.1. The summed E-state index contributed by atoms with van der Waals surface area (Å²) in [5.74, 6) is -1.30. The van der Waals surface area contributed by atoms with Crippen LogP contribution in [-0.2, 0) is 10.9 Å². The molecule has 3 aromatic rings. The lowest BCUT2D eigenvalue weighted by atomic mass is 10.1. The monoisotopic (exact) mass is 416 g/mol. The van der Waals surface area contributed by atoms with Gasteiger partial charge in [-0.3, -0.25) is 4.57 Å². The molecular formula is C17H12ClF3N2O5. The summed E-state index contributed by atoms with van der Waals surface area (Å²) in [6.45, 7) is 0. The van der Waals surface area contributed by atoms with Crippen LogP contribution in [0, 0.1) is 0 Å². The van der Waals surface area contributed by atoms with Crippen molar-refractivity contribution in [3.05, 3.63) is 50.9 Å². The van der Waals surface area contributed by atoms with Gasteiger partial charge in [0.25, 0.3) is 0 Å². The van der Waals surface area contributed by atoms with Gasteiger partial charge in [-0.05, 0) is 18.2 Å². The number of rotatable bonds is 3. The number of aromatic nitrogens is 2. The van der Waals surface area contributed by atoms with Crippen LogP contribution in [0.5, 0.6) is 11.5 Å². The molecule has 0 saturated carbocycles. The van der Waals surface area contributed by atoms with Gasteiger partial charge in [0, 0.05) is 6.07 Å². The zero-order valence-electron chi connectivity index (χ0n) is 14.3. The maximum atomic E-state index is 13.0. The molecule has 0 aliphatic carbocycles. The summed E-state index contributed by atoms with van der Waals surface area (Å²) >= 11 is 6.00. The number of aromatic amines is 1. The van der Waals surface area contributed by atoms with E-state index in [0.717, 1.165) is 29.9 Å². The van der Waals surface area contributed by atoms with Gasteiger partial charge in [-0.15, -0.1) is 0 Å². The van der Waals surface area contributed by atoms with Crippen molar-refractivity contribution < 1.29 is 32.5 Å². The number of nitrogens with zero attached hydrogens (tertiary/aromatic N) is 1. The first kappa shape index (κ1) is 19.6. The van der Waals surface area contributed by atoms with E-state index in [9.17, 15) is 27.9 Å². The van der Waals surface area contributed by atoms with Crippen molar-refractivity contribution in [2.75, 3.05) is 14.2 Å². The molecule has 7 nitrogen and oxygen atoms in total. The molecular weight excluding hydrogens is 405 g/mol. The van der Waals surface area contributed by atoms with E-state index in [4.69, 9.17) is 16.3 Å². The molecule has 11 heteroatoms. The van der Waals surface area contributed by atoms with Crippen LogP contribution in [0.3, 0.4) is 0 Å². The highest BCUT2D eigenvalue weighted by atomic mass is 35.5. The molecule has 1 aromatic heterocycles. The van der Waals surface area contributed by atoms with Crippen LogP contribution < -0.4 is 10.4 Å². The molecule has 3 rings (SSSR count). The van der Waals surface area contributed by atoms with Crippen molar-refractivity contribution >= 4 is 28.6 Å². The molecule has 0 unspecified atom stereocenters. The molecule has 2 N–H and O–H groups in total. The number of imidazole rings is 1. The molecule has 2 aromatic carbocycles. The SMILES string of the molecule is COC(=O)c1cc(-n2c(=O)[nH]c3cc(C(F)(F)F)cc(Cl)c32)c(O)cc1OC. The molecule has 0 atom stereocenters. The van der Waals surface area contributed by atoms with Gasteiger partial charge in [0.05, 0.1) is 41.5 Å². The normalized spacial score (nSPS) is 11.6. The Morgan fingerprint density at radius 3 is 2.46 bits per heavy atom. The van der Waals surface area contributed by atoms with Gasteiger partial charge in [0.2, 0.25) is 0 Å². The standard InChI is InChI=1S/C17H12ClF3N2O5/c1-27-13-6-12(24)11(5-8(13)15(25)28-2)23-14-9(18)3-7(17(19,20)21)4-10(14)22-16(23)26/h3-6,24H,1-2H3,(H,22,26). The second kappa shape index (κ2) is 6.79. The Balaban J connectivity index is 2.35. The number of halogens is 4. The zero-order chi connectivity index (χ0) is 20.8. The number of esters is 1. The highest BCUT2D eigenvalue weighted by Crippen LogP contribution is 2.37. The fourth-order valence-electron chi connectivity index (χ4n) is 2.76. The number of fused-ring (bicyclic) bond motifs is 1. The summed E-state index contributed by atoms with van der Waals surface area (Å²) in [5.41, 5.74) is -2.52. The number of methoxy groups -OCH3 is 2. The number of carbonyl (C=O) groups excluding carboxylic acids is 1. The average molecular weight is 417 g/mol. The summed E-state index contributed by atoms with van der Waals surface area (Å²) in [5, 5.41) is 9.93. The lowest BCUT2D eigenvalue weighted by Gasteiger charge is -2.13. The van der Waals surface area contributed by atoms with E-state index < -0.39 is 29.1 Å². The fourth-order valence-corrected chi connectivity index (χ4v) is 3.07. The van der Waals surface area contributed by atoms with Crippen LogP contribution in [0.4, 0.5) is 13.2 Å². The summed E-state index contributed by atoms with van der Waals surface area (Å²) in [6.07, 6.45) is -4.67. The molecule has 0 bridgehead atoms. The van der Waals surface area contributed by atoms with E-state index in [1.54, 1.807) is 0 Å². The molecule has 148 valence electrons. The van der Waals surface area contributed by atoms with Gasteiger partial charge in [-0.1, -0.05) is 11.6 Å². The smallest absolute Gasteiger partial charge is 0.416 e. The number of ether oxygens (including phenoxy) is 2. The third kappa shape index (κ3) is 3.15. The van der Waals surface area contributed by atoms with Crippen molar-refractivity contribution in [1.82, 2.24) is 9.55 Å². The number of phenolic OH excluding ortho intramolecular Hbond substituents is 1. The van der Waals surface area contributed by atoms with Crippen molar-refractivity contribution in [2.24, 2.45) is 0 Å². The maximum Gasteiger partial charge on any atom is 0.416 e. The van der Waals surface area contributed by atoms with E-state index in [2.05, 4.69) is 9.72 Å². The number of hydrogen-bond acceptors (Lipinski definition) is 5. The van der Waals surface area contributed by atoms with Crippen molar-refractivity contribution in [2.45, 2.75) is 6.18 Å². The second-order valence-corrected chi connectivity index (χ2v) is 6.06. The van der Waals surface area contributed by atoms with Gasteiger partial charge >= 0.3 is 17.8 Å². The molecule has 0 fully saturated rings. The summed E-state index contributed by atoms with van der Waals surface area (Å²) in [7, 11) is 2.38. The number of H-pyrrole nitrogens is 1. The van der Waals surface area contributed by atoms with Crippen molar-refractivity contribution in [1.29, 1.82) is 0 Å². The summed E-state index contributed by atoms with van der Waals surface area (Å²) < 4.78 is 49.5. The quantitative estimate of drug-likeness (QED) is 0.637. The van der Waals surface area contributed by atoms with Crippen molar-refractivity contribution in [3.63, 3.8) is 0 Å². The third-order valence-electron chi connectivity index (χ3n) is 4.00. The lowest BCUT2D eigenvalue weighted by molar-refractivity contribution is -0.137. The Labute approximate surface area is 159 Å². The first-order valence-electron chi connectivity index (χ1n) is 7.59. The topological polar surface area (TPSA) is 93.6 Å². The second-order valence-electron chi connectivity index (χ2n) is 5.65. The van der Waals surface area contributed by atoms with E-state index in [0.29, 0.717) is 6.07 Å². The highest BCUT2D eigenvalue weighted by Gasteiger charge is 2.32. The molecule has 0 spiro atoms. The highest BCUT2D eigenvalue weighted by molar-refractivity contribution is 6.35. The van der Waals surface area contributed by atoms with E-state index in [-0.39, 0.29) is 33.1 Å². The van der Waals surface area contributed by atoms with Gasteiger partial charge in [-0.2, -0.15) is 13.2 Å². The number of carbonyl (C=O) groups is 1. The molecule has 0 amide bonds. The van der Waals surface area contributed by atoms with Gasteiger partial charge in [0.1, 0.15) is 17.1 Å². The molecule has 0 aliphatic rings. The largest absolute Gasteiger partial charge is 0.506 e. The first-order valence-corrected chi connectivity index (χ1v) is 7.97. The Morgan fingerprint density at radius 1 is 1.21 bits per heavy atom. The number of phenols is 1. The Bertz CT molecular complexity index is 1150. The summed E-state index contributed by atoms with van der Waals surface area (Å²) in [4.78, 5) is 26.6. The van der Waals surface area contributed by atoms with Crippen LogP contribution in [0.15, 0.2) is 29.1 Å². The minimum absolute atomic E-state index is 0.0218. The number of alkyl halides is 3. The van der Waals surface area contributed by atoms with Crippen LogP contribution in [-0.4, -0.2) is 34.8 Å². The molecule has 0 aliphatic heterocycles. The van der Waals surface area contributed by atoms with Crippen molar-refractivity contribution in [3.8, 4) is 17.2 Å². The number of nitrogens with one attached hydrogen (secondary N) is 1. The van der Waals surface area contributed by atoms with Crippen LogP contribution in [0.25, 0.3) is 16.7 Å². The molecule has 28 heavy (non-hydrogen) atoms. The minimum atomic E-state index is -4.67. The Morgan fingerprint density at radius 2 is 1.89 bits per heavy atom. The van der Waals surface area contributed by atoms with Gasteiger partial charge in [-0.25, -0.2) is 9.59 Å². The predicted molar refractivity (Wildman–Crippen MR) is 93.5 cm³/mol. The number of hydrogen-bond donors (Lipinski definition) is 2. The third-order valence-corrected chi connectivity index (χ3v) is 4.29. The predicted octanol–water partition coefficient (Wildman–Crippen LogP) is 3.49. The fraction of sp³-hybridized carbons (Fsp3) is 0.176. The number of aromatic hydroxyl groups is 1. The van der Waals surface area contributed by atoms with E-state index >= 15 is 0 Å². The lowest BCUT2D eigenvalue weighted by Crippen LogP contribution is -2.16. The van der Waals surface area contributed by atoms with Gasteiger partial charge in [0.15, 0.2) is 0 Å². The first-order chi connectivity index (χ1) is 13.1. The van der Waals surface area contributed by atoms with Crippen LogP contribution >= 0.6 is 11.6 Å². The molecule has 1 heterocycles. The van der Waals surface area contributed by atoms with E-state index in [1.807, 2.05) is 0 Å². The summed E-state index contributed by atoms with van der Waals surface area (Å²) in [6, 6.07) is 3.57. The minimum Gasteiger partial charge on any atom is -0.506 e. The van der Waals surface area contributed by atoms with Crippen LogP contribution in [0.2, 0.25) is 5.02 Å². The van der Waals surface area contributed by atoms with Gasteiger partial charge < -0.3 is 19.6 Å². The molecule has 0 radical (unpaired) electrons. The Hall–Kier alpha value is -3.14. The van der Waals surface area contributed by atoms with E-state index in [1.165, 1.54) is 7.11 Å². The number of benzene rings is 2. The van der Waals surface area contributed by atoms with Crippen LogP contribution in [0.1, 0.15) is 15.9 Å². The average Bonchev–Trinajstić information content (AvgIpc) is 2.96. The maximum absolute atomic E-state index is 13.0.